The van der Waals surface area contributed by atoms with Crippen molar-refractivity contribution >= 4 is 17.6 Å². The van der Waals surface area contributed by atoms with E-state index < -0.39 is 11.9 Å². The predicted molar refractivity (Wildman–Crippen MR) is 83.1 cm³/mol. The van der Waals surface area contributed by atoms with Gasteiger partial charge in [-0.1, -0.05) is 17.7 Å². The summed E-state index contributed by atoms with van der Waals surface area (Å²) in [6.07, 6.45) is 2.44. The summed E-state index contributed by atoms with van der Waals surface area (Å²) in [6.45, 7) is 4.49. The van der Waals surface area contributed by atoms with Crippen LogP contribution in [0.3, 0.4) is 0 Å². The van der Waals surface area contributed by atoms with Crippen LogP contribution in [0.15, 0.2) is 36.4 Å². The molecule has 0 amide bonds. The number of carbonyl (C=O) groups is 2. The smallest absolute Gasteiger partial charge is 0.328 e. The highest BCUT2D eigenvalue weighted by molar-refractivity contribution is 5.89. The lowest BCUT2D eigenvalue weighted by atomic mass is 10.2. The molecule has 0 radical (unpaired) electrons. The molecule has 3 N–H and O–H groups in total. The molecule has 2 fully saturated rings. The van der Waals surface area contributed by atoms with Gasteiger partial charge in [-0.05, 0) is 25.5 Å². The first-order chi connectivity index (χ1) is 10.5. The fourth-order valence-electron chi connectivity index (χ4n) is 2.76. The first-order valence-corrected chi connectivity index (χ1v) is 7.16. The Bertz CT molecular complexity index is 552. The van der Waals surface area contributed by atoms with E-state index in [1.165, 1.54) is 30.8 Å². The minimum Gasteiger partial charge on any atom is -0.478 e. The number of benzene rings is 1. The van der Waals surface area contributed by atoms with Gasteiger partial charge in [0.05, 0.1) is 0 Å². The van der Waals surface area contributed by atoms with Gasteiger partial charge >= 0.3 is 11.9 Å². The number of piperazine rings is 1. The van der Waals surface area contributed by atoms with Gasteiger partial charge in [-0.2, -0.15) is 0 Å². The number of fused-ring (bicyclic) bond motifs is 2. The van der Waals surface area contributed by atoms with Crippen molar-refractivity contribution in [3.8, 4) is 0 Å². The van der Waals surface area contributed by atoms with E-state index in [1.807, 2.05) is 0 Å². The second kappa shape index (κ2) is 7.09. The number of carboxylic acids is 2. The SMILES string of the molecule is Cc1ccc(N2C[C@@H]3C[C@H]2CN3)cc1.O=C(O)/C=C\C(=O)O. The summed E-state index contributed by atoms with van der Waals surface area (Å²) in [7, 11) is 0. The van der Waals surface area contributed by atoms with E-state index >= 15 is 0 Å². The summed E-state index contributed by atoms with van der Waals surface area (Å²) in [5.41, 5.74) is 2.74. The molecule has 2 bridgehead atoms. The van der Waals surface area contributed by atoms with Gasteiger partial charge in [0.15, 0.2) is 0 Å². The fraction of sp³-hybridized carbons (Fsp3) is 0.375. The zero-order valence-corrected chi connectivity index (χ0v) is 12.4. The van der Waals surface area contributed by atoms with Gasteiger partial charge in [-0.25, -0.2) is 9.59 Å². The molecule has 2 heterocycles. The predicted octanol–water partition coefficient (Wildman–Crippen LogP) is 1.26. The number of hydrogen-bond acceptors (Lipinski definition) is 4. The van der Waals surface area contributed by atoms with Gasteiger partial charge < -0.3 is 20.4 Å². The van der Waals surface area contributed by atoms with Gasteiger partial charge in [0.2, 0.25) is 0 Å². The summed E-state index contributed by atoms with van der Waals surface area (Å²) < 4.78 is 0. The maximum atomic E-state index is 9.55. The lowest BCUT2D eigenvalue weighted by Crippen LogP contribution is -2.43. The number of nitrogens with zero attached hydrogens (tertiary/aromatic N) is 1. The van der Waals surface area contributed by atoms with Crippen molar-refractivity contribution in [3.63, 3.8) is 0 Å². The van der Waals surface area contributed by atoms with Crippen LogP contribution in [0.5, 0.6) is 0 Å². The maximum Gasteiger partial charge on any atom is 0.328 e. The van der Waals surface area contributed by atoms with Gasteiger partial charge in [0.25, 0.3) is 0 Å². The summed E-state index contributed by atoms with van der Waals surface area (Å²) in [5.74, 6) is -2.51. The lowest BCUT2D eigenvalue weighted by molar-refractivity contribution is -0.134. The number of rotatable bonds is 3. The first kappa shape index (κ1) is 16.0. The molecule has 0 aromatic heterocycles. The summed E-state index contributed by atoms with van der Waals surface area (Å²) in [4.78, 5) is 21.6. The molecule has 1 aromatic carbocycles. The van der Waals surface area contributed by atoms with Crippen molar-refractivity contribution in [1.82, 2.24) is 5.32 Å². The third-order valence-electron chi connectivity index (χ3n) is 3.79. The Morgan fingerprint density at radius 2 is 1.77 bits per heavy atom. The molecule has 118 valence electrons. The van der Waals surface area contributed by atoms with Crippen LogP contribution in [0.25, 0.3) is 0 Å². The van der Waals surface area contributed by atoms with E-state index in [9.17, 15) is 9.59 Å². The number of aliphatic carboxylic acids is 2. The van der Waals surface area contributed by atoms with Crippen molar-refractivity contribution in [2.45, 2.75) is 25.4 Å². The minimum atomic E-state index is -1.26. The van der Waals surface area contributed by atoms with Gasteiger partial charge in [-0.15, -0.1) is 0 Å². The standard InChI is InChI=1S/C12H16N2.C4H4O4/c1-9-2-4-11(5-3-9)14-8-10-6-12(14)7-13-10;5-3(6)1-2-4(7)8/h2-5,10,12-13H,6-8H2,1H3;1-2H,(H,5,6)(H,7,8)/b;2-1-/t10-,12-;/m0./s1. The summed E-state index contributed by atoms with van der Waals surface area (Å²) >= 11 is 0. The lowest BCUT2D eigenvalue weighted by Gasteiger charge is -2.29. The molecule has 0 unspecified atom stereocenters. The first-order valence-electron chi connectivity index (χ1n) is 7.16. The molecule has 22 heavy (non-hydrogen) atoms. The van der Waals surface area contributed by atoms with E-state index in [2.05, 4.69) is 41.4 Å². The second-order valence-corrected chi connectivity index (χ2v) is 5.49. The van der Waals surface area contributed by atoms with Crippen LogP contribution in [0.1, 0.15) is 12.0 Å². The number of aryl methyl sites for hydroxylation is 1. The average molecular weight is 304 g/mol. The van der Waals surface area contributed by atoms with Crippen molar-refractivity contribution in [1.29, 1.82) is 0 Å². The van der Waals surface area contributed by atoms with E-state index in [1.54, 1.807) is 0 Å². The van der Waals surface area contributed by atoms with Crippen LogP contribution in [-0.4, -0.2) is 47.3 Å². The minimum absolute atomic E-state index is 0.558. The fourth-order valence-corrected chi connectivity index (χ4v) is 2.76. The van der Waals surface area contributed by atoms with E-state index in [4.69, 9.17) is 10.2 Å². The van der Waals surface area contributed by atoms with Gasteiger partial charge in [-0.3, -0.25) is 0 Å². The molecule has 2 saturated heterocycles. The number of carboxylic acid groups (broad SMARTS) is 2. The van der Waals surface area contributed by atoms with Crippen molar-refractivity contribution in [2.75, 3.05) is 18.0 Å². The number of hydrogen-bond donors (Lipinski definition) is 3. The molecule has 6 nitrogen and oxygen atoms in total. The molecule has 1 aromatic rings. The van der Waals surface area contributed by atoms with E-state index in [0.29, 0.717) is 12.2 Å². The van der Waals surface area contributed by atoms with Crippen molar-refractivity contribution in [2.24, 2.45) is 0 Å². The molecule has 6 heteroatoms. The highest BCUT2D eigenvalue weighted by Crippen LogP contribution is 2.29. The monoisotopic (exact) mass is 304 g/mol. The Kier molecular flexibility index (Phi) is 5.16. The molecule has 2 aliphatic rings. The third-order valence-corrected chi connectivity index (χ3v) is 3.79. The van der Waals surface area contributed by atoms with Gasteiger partial charge in [0, 0.05) is 43.0 Å². The summed E-state index contributed by atoms with van der Waals surface area (Å²) in [6, 6.07) is 10.4. The van der Waals surface area contributed by atoms with Crippen LogP contribution in [0.4, 0.5) is 5.69 Å². The molecule has 3 rings (SSSR count). The van der Waals surface area contributed by atoms with Crippen LogP contribution in [0, 0.1) is 6.92 Å². The molecule has 0 spiro atoms. The molecule has 2 aliphatic heterocycles. The van der Waals surface area contributed by atoms with Crippen LogP contribution >= 0.6 is 0 Å². The largest absolute Gasteiger partial charge is 0.478 e. The zero-order valence-electron chi connectivity index (χ0n) is 12.4. The van der Waals surface area contributed by atoms with E-state index in [0.717, 1.165) is 12.1 Å². The van der Waals surface area contributed by atoms with Crippen LogP contribution < -0.4 is 10.2 Å². The highest BCUT2D eigenvalue weighted by Gasteiger charge is 2.37. The number of nitrogens with one attached hydrogen (secondary N) is 1. The zero-order chi connectivity index (χ0) is 16.1. The van der Waals surface area contributed by atoms with Crippen LogP contribution in [-0.2, 0) is 9.59 Å². The van der Waals surface area contributed by atoms with Crippen molar-refractivity contribution in [3.05, 3.63) is 42.0 Å². The molecular weight excluding hydrogens is 284 g/mol. The maximum absolute atomic E-state index is 9.55. The summed E-state index contributed by atoms with van der Waals surface area (Å²) in [5, 5.41) is 19.1. The normalized spacial score (nSPS) is 22.5. The highest BCUT2D eigenvalue weighted by atomic mass is 16.4. The van der Waals surface area contributed by atoms with Crippen LogP contribution in [0.2, 0.25) is 0 Å². The Morgan fingerprint density at radius 3 is 2.18 bits per heavy atom. The third kappa shape index (κ3) is 4.33. The average Bonchev–Trinajstić information content (AvgIpc) is 3.09. The van der Waals surface area contributed by atoms with Crippen molar-refractivity contribution < 1.29 is 19.8 Å². The Labute approximate surface area is 129 Å². The Morgan fingerprint density at radius 1 is 1.18 bits per heavy atom. The van der Waals surface area contributed by atoms with Gasteiger partial charge in [0.1, 0.15) is 0 Å². The second-order valence-electron chi connectivity index (χ2n) is 5.49. The number of anilines is 1. The molecular formula is C16H20N2O4. The molecule has 2 atom stereocenters. The molecule has 0 aliphatic carbocycles. The Hall–Kier alpha value is -2.34. The quantitative estimate of drug-likeness (QED) is 0.728. The topological polar surface area (TPSA) is 89.9 Å². The Balaban J connectivity index is 0.000000192. The molecule has 0 saturated carbocycles. The van der Waals surface area contributed by atoms with E-state index in [-0.39, 0.29) is 0 Å².